The van der Waals surface area contributed by atoms with Gasteiger partial charge in [-0.3, -0.25) is 4.90 Å². The third kappa shape index (κ3) is 4.34. The summed E-state index contributed by atoms with van der Waals surface area (Å²) in [7, 11) is 0. The zero-order chi connectivity index (χ0) is 9.10. The molecule has 0 amide bonds. The summed E-state index contributed by atoms with van der Waals surface area (Å²) >= 11 is 0. The standard InChI is InChI=1S/C8H14N4O.2ClH/c1-7-10-8(13-11-7)6-12-4-2-9-3-5-12;;/h9H,2-6H2,1H3;2*1H. The summed E-state index contributed by atoms with van der Waals surface area (Å²) in [5, 5.41) is 7.05. The molecule has 0 radical (unpaired) electrons. The van der Waals surface area contributed by atoms with Crippen LogP contribution >= 0.6 is 24.8 Å². The normalized spacial score (nSPS) is 16.6. The van der Waals surface area contributed by atoms with Gasteiger partial charge in [-0.15, -0.1) is 24.8 Å². The lowest BCUT2D eigenvalue weighted by atomic mass is 10.3. The molecule has 15 heavy (non-hydrogen) atoms. The maximum absolute atomic E-state index is 5.04. The molecule has 1 fully saturated rings. The van der Waals surface area contributed by atoms with Crippen LogP contribution in [0.1, 0.15) is 11.7 Å². The number of aryl methyl sites for hydroxylation is 1. The Morgan fingerprint density at radius 3 is 2.53 bits per heavy atom. The Morgan fingerprint density at radius 2 is 2.00 bits per heavy atom. The first-order chi connectivity index (χ1) is 6.34. The molecule has 0 aliphatic carbocycles. The van der Waals surface area contributed by atoms with Crippen molar-refractivity contribution in [3.8, 4) is 0 Å². The average Bonchev–Trinajstić information content (AvgIpc) is 2.53. The molecule has 1 aliphatic rings. The van der Waals surface area contributed by atoms with E-state index in [0.717, 1.165) is 38.6 Å². The predicted molar refractivity (Wildman–Crippen MR) is 61.7 cm³/mol. The van der Waals surface area contributed by atoms with Crippen molar-refractivity contribution in [2.75, 3.05) is 26.2 Å². The second-order valence-electron chi connectivity index (χ2n) is 3.26. The van der Waals surface area contributed by atoms with Crippen molar-refractivity contribution in [2.45, 2.75) is 13.5 Å². The maximum atomic E-state index is 5.04. The molecule has 0 aromatic carbocycles. The Bertz CT molecular complexity index is 275. The fourth-order valence-corrected chi connectivity index (χ4v) is 1.46. The molecular formula is C8H16Cl2N4O. The minimum atomic E-state index is 0. The van der Waals surface area contributed by atoms with Crippen molar-refractivity contribution in [3.05, 3.63) is 11.7 Å². The van der Waals surface area contributed by atoms with Crippen LogP contribution in [0.15, 0.2) is 4.52 Å². The number of nitrogens with one attached hydrogen (secondary N) is 1. The van der Waals surface area contributed by atoms with E-state index in [9.17, 15) is 0 Å². The highest BCUT2D eigenvalue weighted by Crippen LogP contribution is 2.02. The molecule has 7 heteroatoms. The molecule has 1 aromatic heterocycles. The third-order valence-electron chi connectivity index (χ3n) is 2.14. The third-order valence-corrected chi connectivity index (χ3v) is 2.14. The minimum absolute atomic E-state index is 0. The second-order valence-corrected chi connectivity index (χ2v) is 3.26. The van der Waals surface area contributed by atoms with E-state index in [1.807, 2.05) is 6.92 Å². The van der Waals surface area contributed by atoms with Crippen LogP contribution in [0.2, 0.25) is 0 Å². The first-order valence-corrected chi connectivity index (χ1v) is 4.57. The molecule has 0 bridgehead atoms. The summed E-state index contributed by atoms with van der Waals surface area (Å²) in [6.45, 7) is 6.83. The lowest BCUT2D eigenvalue weighted by Crippen LogP contribution is -2.42. The van der Waals surface area contributed by atoms with E-state index < -0.39 is 0 Å². The molecule has 1 N–H and O–H groups in total. The number of aromatic nitrogens is 2. The highest BCUT2D eigenvalue weighted by Gasteiger charge is 2.12. The van der Waals surface area contributed by atoms with Gasteiger partial charge in [-0.2, -0.15) is 4.98 Å². The summed E-state index contributed by atoms with van der Waals surface area (Å²) < 4.78 is 5.04. The van der Waals surface area contributed by atoms with Gasteiger partial charge in [-0.25, -0.2) is 0 Å². The Morgan fingerprint density at radius 1 is 1.33 bits per heavy atom. The van der Waals surface area contributed by atoms with Gasteiger partial charge in [0.25, 0.3) is 0 Å². The van der Waals surface area contributed by atoms with Gasteiger partial charge in [0, 0.05) is 26.2 Å². The van der Waals surface area contributed by atoms with E-state index in [0.29, 0.717) is 5.82 Å². The fraction of sp³-hybridized carbons (Fsp3) is 0.750. The van der Waals surface area contributed by atoms with Gasteiger partial charge in [-0.1, -0.05) is 5.16 Å². The summed E-state index contributed by atoms with van der Waals surface area (Å²) in [5.74, 6) is 1.43. The Labute approximate surface area is 101 Å². The van der Waals surface area contributed by atoms with E-state index in [-0.39, 0.29) is 24.8 Å². The quantitative estimate of drug-likeness (QED) is 0.839. The second kappa shape index (κ2) is 7.00. The number of hydrogen-bond donors (Lipinski definition) is 1. The summed E-state index contributed by atoms with van der Waals surface area (Å²) in [5.41, 5.74) is 0. The summed E-state index contributed by atoms with van der Waals surface area (Å²) in [6, 6.07) is 0. The fourth-order valence-electron chi connectivity index (χ4n) is 1.46. The number of halogens is 2. The van der Waals surface area contributed by atoms with Crippen molar-refractivity contribution in [1.82, 2.24) is 20.4 Å². The van der Waals surface area contributed by atoms with Gasteiger partial charge in [0.1, 0.15) is 0 Å². The van der Waals surface area contributed by atoms with Crippen molar-refractivity contribution in [1.29, 1.82) is 0 Å². The molecule has 2 rings (SSSR count). The first-order valence-electron chi connectivity index (χ1n) is 4.57. The lowest BCUT2D eigenvalue weighted by molar-refractivity contribution is 0.203. The Kier molecular flexibility index (Phi) is 6.84. The Hall–Kier alpha value is -0.360. The molecule has 2 heterocycles. The molecule has 5 nitrogen and oxygen atoms in total. The molecule has 0 spiro atoms. The highest BCUT2D eigenvalue weighted by molar-refractivity contribution is 5.85. The smallest absolute Gasteiger partial charge is 0.240 e. The van der Waals surface area contributed by atoms with E-state index in [1.54, 1.807) is 0 Å². The number of nitrogens with zero attached hydrogens (tertiary/aromatic N) is 3. The van der Waals surface area contributed by atoms with Gasteiger partial charge >= 0.3 is 0 Å². The van der Waals surface area contributed by atoms with Crippen molar-refractivity contribution in [2.24, 2.45) is 0 Å². The molecule has 88 valence electrons. The highest BCUT2D eigenvalue weighted by atomic mass is 35.5. The van der Waals surface area contributed by atoms with Crippen LogP contribution in [-0.2, 0) is 6.54 Å². The Balaban J connectivity index is 0.000000980. The van der Waals surface area contributed by atoms with Crippen LogP contribution in [-0.4, -0.2) is 41.2 Å². The van der Waals surface area contributed by atoms with Gasteiger partial charge < -0.3 is 9.84 Å². The molecule has 1 aliphatic heterocycles. The predicted octanol–water partition coefficient (Wildman–Crippen LogP) is 0.627. The zero-order valence-electron chi connectivity index (χ0n) is 8.60. The topological polar surface area (TPSA) is 54.2 Å². The van der Waals surface area contributed by atoms with E-state index in [1.165, 1.54) is 0 Å². The summed E-state index contributed by atoms with van der Waals surface area (Å²) in [4.78, 5) is 6.47. The first kappa shape index (κ1) is 14.6. The van der Waals surface area contributed by atoms with Crippen molar-refractivity contribution >= 4 is 24.8 Å². The van der Waals surface area contributed by atoms with Crippen LogP contribution in [0, 0.1) is 6.92 Å². The van der Waals surface area contributed by atoms with Crippen molar-refractivity contribution < 1.29 is 4.52 Å². The van der Waals surface area contributed by atoms with E-state index in [4.69, 9.17) is 4.52 Å². The SMILES string of the molecule is Cc1noc(CN2CCNCC2)n1.Cl.Cl. The van der Waals surface area contributed by atoms with Gasteiger partial charge in [-0.05, 0) is 6.92 Å². The largest absolute Gasteiger partial charge is 0.338 e. The molecule has 1 saturated heterocycles. The van der Waals surface area contributed by atoms with Gasteiger partial charge in [0.15, 0.2) is 5.82 Å². The summed E-state index contributed by atoms with van der Waals surface area (Å²) in [6.07, 6.45) is 0. The van der Waals surface area contributed by atoms with Crippen LogP contribution in [0.25, 0.3) is 0 Å². The van der Waals surface area contributed by atoms with Gasteiger partial charge in [0.2, 0.25) is 5.89 Å². The van der Waals surface area contributed by atoms with E-state index in [2.05, 4.69) is 20.4 Å². The molecule has 0 saturated carbocycles. The van der Waals surface area contributed by atoms with Crippen LogP contribution in [0.3, 0.4) is 0 Å². The van der Waals surface area contributed by atoms with Crippen LogP contribution in [0.5, 0.6) is 0 Å². The minimum Gasteiger partial charge on any atom is -0.338 e. The van der Waals surface area contributed by atoms with E-state index >= 15 is 0 Å². The lowest BCUT2D eigenvalue weighted by Gasteiger charge is -2.25. The molecule has 0 atom stereocenters. The van der Waals surface area contributed by atoms with Crippen molar-refractivity contribution in [3.63, 3.8) is 0 Å². The average molecular weight is 255 g/mol. The monoisotopic (exact) mass is 254 g/mol. The molecular weight excluding hydrogens is 239 g/mol. The number of rotatable bonds is 2. The van der Waals surface area contributed by atoms with Crippen LogP contribution in [0.4, 0.5) is 0 Å². The molecule has 0 unspecified atom stereocenters. The zero-order valence-corrected chi connectivity index (χ0v) is 10.2. The van der Waals surface area contributed by atoms with Gasteiger partial charge in [0.05, 0.1) is 6.54 Å². The number of piperazine rings is 1. The number of hydrogen-bond acceptors (Lipinski definition) is 5. The maximum Gasteiger partial charge on any atom is 0.240 e. The van der Waals surface area contributed by atoms with Crippen LogP contribution < -0.4 is 5.32 Å². The molecule has 1 aromatic rings.